The topological polar surface area (TPSA) is 82.3 Å². The lowest BCUT2D eigenvalue weighted by molar-refractivity contribution is -0.126. The molecule has 0 saturated carbocycles. The maximum atomic E-state index is 12.5. The van der Waals surface area contributed by atoms with Crippen LogP contribution in [0.2, 0.25) is 0 Å². The molecule has 1 atom stereocenters. The van der Waals surface area contributed by atoms with Gasteiger partial charge in [-0.15, -0.1) is 0 Å². The van der Waals surface area contributed by atoms with Crippen LogP contribution >= 0.6 is 0 Å². The van der Waals surface area contributed by atoms with Crippen LogP contribution in [0.5, 0.6) is 0 Å². The van der Waals surface area contributed by atoms with Crippen molar-refractivity contribution < 1.29 is 9.59 Å². The number of carbonyl (C=O) groups excluding carboxylic acids is 2. The quantitative estimate of drug-likeness (QED) is 0.718. The number of rotatable bonds is 5. The zero-order chi connectivity index (χ0) is 19.5. The molecule has 1 unspecified atom stereocenters. The van der Waals surface area contributed by atoms with Gasteiger partial charge < -0.3 is 15.2 Å². The van der Waals surface area contributed by atoms with Crippen LogP contribution in [0.15, 0.2) is 65.5 Å². The first kappa shape index (κ1) is 18.0. The summed E-state index contributed by atoms with van der Waals surface area (Å²) in [7, 11) is 0. The van der Waals surface area contributed by atoms with Crippen molar-refractivity contribution in [1.29, 1.82) is 0 Å². The molecule has 2 amide bonds. The molecular weight excluding hydrogens is 354 g/mol. The summed E-state index contributed by atoms with van der Waals surface area (Å²) >= 11 is 0. The molecule has 142 valence electrons. The van der Waals surface area contributed by atoms with Crippen molar-refractivity contribution >= 4 is 28.4 Å². The highest BCUT2D eigenvalue weighted by molar-refractivity contribution is 6.00. The number of para-hydroxylation sites is 2. The highest BCUT2D eigenvalue weighted by Gasteiger charge is 2.34. The molecule has 6 heteroatoms. The maximum absolute atomic E-state index is 12.5. The lowest BCUT2D eigenvalue weighted by Crippen LogP contribution is -2.34. The van der Waals surface area contributed by atoms with E-state index in [1.807, 2.05) is 60.7 Å². The van der Waals surface area contributed by atoms with E-state index in [9.17, 15) is 14.4 Å². The van der Waals surface area contributed by atoms with Crippen LogP contribution in [0.3, 0.4) is 0 Å². The number of nitrogens with zero attached hydrogens (tertiary/aromatic N) is 1. The Kier molecular flexibility index (Phi) is 4.93. The van der Waals surface area contributed by atoms with Gasteiger partial charge in [0, 0.05) is 36.3 Å². The third-order valence-corrected chi connectivity index (χ3v) is 5.09. The van der Waals surface area contributed by atoms with E-state index >= 15 is 0 Å². The number of fused-ring (bicyclic) bond motifs is 1. The molecule has 1 aliphatic rings. The fourth-order valence-electron chi connectivity index (χ4n) is 3.58. The second-order valence-electron chi connectivity index (χ2n) is 6.99. The number of hydrogen-bond donors (Lipinski definition) is 2. The van der Waals surface area contributed by atoms with Gasteiger partial charge in [-0.1, -0.05) is 36.4 Å². The van der Waals surface area contributed by atoms with Crippen LogP contribution < -0.4 is 15.8 Å². The molecule has 1 aromatic heterocycles. The summed E-state index contributed by atoms with van der Waals surface area (Å²) in [4.78, 5) is 41.4. The van der Waals surface area contributed by atoms with E-state index in [2.05, 4.69) is 10.3 Å². The summed E-state index contributed by atoms with van der Waals surface area (Å²) in [6.45, 7) is 0.738. The molecule has 3 aromatic rings. The molecule has 2 aromatic carbocycles. The van der Waals surface area contributed by atoms with E-state index in [0.717, 1.165) is 16.6 Å². The number of aromatic amines is 1. The number of carbonyl (C=O) groups is 2. The van der Waals surface area contributed by atoms with Gasteiger partial charge in [-0.05, 0) is 36.1 Å². The predicted molar refractivity (Wildman–Crippen MR) is 108 cm³/mol. The third kappa shape index (κ3) is 3.67. The highest BCUT2D eigenvalue weighted by atomic mass is 16.2. The molecule has 0 radical (unpaired) electrons. The average molecular weight is 375 g/mol. The number of nitrogens with one attached hydrogen (secondary N) is 2. The fraction of sp³-hybridized carbons (Fsp3) is 0.227. The van der Waals surface area contributed by atoms with E-state index in [-0.39, 0.29) is 29.7 Å². The summed E-state index contributed by atoms with van der Waals surface area (Å²) in [6, 6.07) is 18.8. The molecule has 0 aliphatic carbocycles. The average Bonchev–Trinajstić information content (AvgIpc) is 3.11. The van der Waals surface area contributed by atoms with Crippen LogP contribution in [0, 0.1) is 5.92 Å². The van der Waals surface area contributed by atoms with Gasteiger partial charge in [0.05, 0.1) is 5.92 Å². The Morgan fingerprint density at radius 2 is 1.82 bits per heavy atom. The van der Waals surface area contributed by atoms with Crippen molar-refractivity contribution in [2.24, 2.45) is 5.92 Å². The van der Waals surface area contributed by atoms with Crippen molar-refractivity contribution in [2.45, 2.75) is 12.8 Å². The van der Waals surface area contributed by atoms with Gasteiger partial charge in [0.2, 0.25) is 11.8 Å². The van der Waals surface area contributed by atoms with Crippen LogP contribution in [0.25, 0.3) is 10.9 Å². The summed E-state index contributed by atoms with van der Waals surface area (Å²) in [5.74, 6) is -0.566. The minimum atomic E-state index is -0.373. The van der Waals surface area contributed by atoms with Gasteiger partial charge in [0.1, 0.15) is 0 Å². The van der Waals surface area contributed by atoms with Gasteiger partial charge in [-0.3, -0.25) is 14.4 Å². The van der Waals surface area contributed by atoms with E-state index < -0.39 is 0 Å². The van der Waals surface area contributed by atoms with E-state index in [1.54, 1.807) is 4.90 Å². The van der Waals surface area contributed by atoms with Crippen LogP contribution in [0.4, 0.5) is 5.69 Å². The van der Waals surface area contributed by atoms with Crippen molar-refractivity contribution in [1.82, 2.24) is 10.3 Å². The summed E-state index contributed by atoms with van der Waals surface area (Å²) in [5.41, 5.74) is 2.10. The van der Waals surface area contributed by atoms with E-state index in [0.29, 0.717) is 25.1 Å². The van der Waals surface area contributed by atoms with E-state index in [4.69, 9.17) is 0 Å². The Balaban J connectivity index is 1.36. The number of hydrogen-bond acceptors (Lipinski definition) is 3. The van der Waals surface area contributed by atoms with Gasteiger partial charge in [0.15, 0.2) is 0 Å². The Bertz CT molecular complexity index is 1080. The van der Waals surface area contributed by atoms with Gasteiger partial charge >= 0.3 is 0 Å². The fourth-order valence-corrected chi connectivity index (χ4v) is 3.58. The van der Waals surface area contributed by atoms with Crippen molar-refractivity contribution in [3.8, 4) is 0 Å². The first-order valence-corrected chi connectivity index (χ1v) is 9.36. The Hall–Kier alpha value is -3.41. The lowest BCUT2D eigenvalue weighted by atomic mass is 10.1. The molecule has 1 fully saturated rings. The Morgan fingerprint density at radius 3 is 2.64 bits per heavy atom. The molecule has 4 rings (SSSR count). The summed E-state index contributed by atoms with van der Waals surface area (Å²) < 4.78 is 0. The number of amides is 2. The molecule has 1 aliphatic heterocycles. The van der Waals surface area contributed by atoms with Crippen LogP contribution in [0.1, 0.15) is 12.0 Å². The van der Waals surface area contributed by atoms with E-state index in [1.165, 1.54) is 0 Å². The zero-order valence-corrected chi connectivity index (χ0v) is 15.4. The Morgan fingerprint density at radius 1 is 1.07 bits per heavy atom. The third-order valence-electron chi connectivity index (χ3n) is 5.09. The summed E-state index contributed by atoms with van der Waals surface area (Å²) in [6.07, 6.45) is 0.645. The molecule has 2 N–H and O–H groups in total. The molecule has 1 saturated heterocycles. The molecule has 6 nitrogen and oxygen atoms in total. The van der Waals surface area contributed by atoms with Crippen molar-refractivity contribution in [3.63, 3.8) is 0 Å². The second kappa shape index (κ2) is 7.68. The maximum Gasteiger partial charge on any atom is 0.251 e. The Labute approximate surface area is 162 Å². The molecule has 2 heterocycles. The van der Waals surface area contributed by atoms with Gasteiger partial charge in [0.25, 0.3) is 5.56 Å². The second-order valence-corrected chi connectivity index (χ2v) is 6.99. The molecule has 0 spiro atoms. The monoisotopic (exact) mass is 375 g/mol. The van der Waals surface area contributed by atoms with Gasteiger partial charge in [-0.2, -0.15) is 0 Å². The summed E-state index contributed by atoms with van der Waals surface area (Å²) in [5, 5.41) is 3.83. The number of benzene rings is 2. The SMILES string of the molecule is O=C(NCCc1cc2ccccc2[nH]c1=O)C1CC(=O)N(c2ccccc2)C1. The minimum Gasteiger partial charge on any atom is -0.355 e. The largest absolute Gasteiger partial charge is 0.355 e. The van der Waals surface area contributed by atoms with Crippen LogP contribution in [-0.4, -0.2) is 29.9 Å². The minimum absolute atomic E-state index is 0.0441. The predicted octanol–water partition coefficient (Wildman–Crippen LogP) is 2.24. The smallest absolute Gasteiger partial charge is 0.251 e. The molecule has 28 heavy (non-hydrogen) atoms. The number of H-pyrrole nitrogens is 1. The lowest BCUT2D eigenvalue weighted by Gasteiger charge is -2.16. The first-order chi connectivity index (χ1) is 13.6. The number of anilines is 1. The van der Waals surface area contributed by atoms with Crippen LogP contribution in [-0.2, 0) is 16.0 Å². The van der Waals surface area contributed by atoms with Crippen molar-refractivity contribution in [2.75, 3.05) is 18.0 Å². The normalized spacial score (nSPS) is 16.5. The molecular formula is C22H21N3O3. The first-order valence-electron chi connectivity index (χ1n) is 9.36. The number of pyridine rings is 1. The molecule has 0 bridgehead atoms. The number of aromatic nitrogens is 1. The zero-order valence-electron chi connectivity index (χ0n) is 15.4. The highest BCUT2D eigenvalue weighted by Crippen LogP contribution is 2.24. The van der Waals surface area contributed by atoms with Crippen molar-refractivity contribution in [3.05, 3.63) is 76.6 Å². The standard InChI is InChI=1S/C22H21N3O3/c26-20-13-17(14-25(20)18-7-2-1-3-8-18)21(27)23-11-10-16-12-15-6-4-5-9-19(15)24-22(16)28/h1-9,12,17H,10-11,13-14H2,(H,23,27)(H,24,28). The van der Waals surface area contributed by atoms with Gasteiger partial charge in [-0.25, -0.2) is 0 Å².